The standard InChI is InChI=1S/C21H21BrN4O2/c1-15-3-8-19(26-12-11-23-14-26)18(13-15)21(28)25-10-2-9-24-20(27)16-4-6-17(22)7-5-16/h3-8,11-14H,2,9-10H2,1H3,(H,24,27)(H,25,28). The average Bonchev–Trinajstić information content (AvgIpc) is 3.22. The Balaban J connectivity index is 1.50. The second-order valence-electron chi connectivity index (χ2n) is 6.36. The van der Waals surface area contributed by atoms with Gasteiger partial charge in [-0.25, -0.2) is 4.98 Å². The van der Waals surface area contributed by atoms with Gasteiger partial charge in [-0.1, -0.05) is 27.6 Å². The quantitative estimate of drug-likeness (QED) is 0.552. The number of aromatic nitrogens is 2. The molecule has 2 aromatic carbocycles. The topological polar surface area (TPSA) is 76.0 Å². The van der Waals surface area contributed by atoms with E-state index in [9.17, 15) is 9.59 Å². The summed E-state index contributed by atoms with van der Waals surface area (Å²) in [6, 6.07) is 12.9. The molecule has 0 bridgehead atoms. The number of carbonyl (C=O) groups excluding carboxylic acids is 2. The van der Waals surface area contributed by atoms with Crippen LogP contribution in [0.1, 0.15) is 32.7 Å². The van der Waals surface area contributed by atoms with Gasteiger partial charge in [0.2, 0.25) is 0 Å². The Labute approximate surface area is 172 Å². The first-order chi connectivity index (χ1) is 13.5. The van der Waals surface area contributed by atoms with Gasteiger partial charge in [0.05, 0.1) is 17.6 Å². The minimum absolute atomic E-state index is 0.125. The first-order valence-corrected chi connectivity index (χ1v) is 9.75. The number of halogens is 1. The molecule has 6 nitrogen and oxygen atoms in total. The number of carbonyl (C=O) groups is 2. The lowest BCUT2D eigenvalue weighted by atomic mass is 10.1. The first kappa shape index (κ1) is 19.8. The third-order valence-electron chi connectivity index (χ3n) is 4.21. The van der Waals surface area contributed by atoms with Crippen LogP contribution in [-0.4, -0.2) is 34.5 Å². The van der Waals surface area contributed by atoms with Crippen LogP contribution >= 0.6 is 15.9 Å². The van der Waals surface area contributed by atoms with E-state index in [0.717, 1.165) is 15.7 Å². The third-order valence-corrected chi connectivity index (χ3v) is 4.74. The molecule has 0 saturated heterocycles. The summed E-state index contributed by atoms with van der Waals surface area (Å²) in [5.41, 5.74) is 2.99. The second-order valence-corrected chi connectivity index (χ2v) is 7.28. The lowest BCUT2D eigenvalue weighted by Crippen LogP contribution is -2.30. The second kappa shape index (κ2) is 9.32. The minimum atomic E-state index is -0.147. The smallest absolute Gasteiger partial charge is 0.253 e. The fourth-order valence-corrected chi connectivity index (χ4v) is 3.01. The first-order valence-electron chi connectivity index (χ1n) is 8.95. The van der Waals surface area contributed by atoms with Crippen molar-refractivity contribution in [3.63, 3.8) is 0 Å². The monoisotopic (exact) mass is 440 g/mol. The number of nitrogens with zero attached hydrogens (tertiary/aromatic N) is 2. The molecule has 3 rings (SSSR count). The molecule has 0 aliphatic heterocycles. The summed E-state index contributed by atoms with van der Waals surface area (Å²) in [5, 5.41) is 5.78. The molecular formula is C21H21BrN4O2. The van der Waals surface area contributed by atoms with E-state index in [1.165, 1.54) is 0 Å². The summed E-state index contributed by atoms with van der Waals surface area (Å²) in [6.07, 6.45) is 5.79. The Kier molecular flexibility index (Phi) is 6.60. The van der Waals surface area contributed by atoms with Gasteiger partial charge in [0, 0.05) is 35.5 Å². The highest BCUT2D eigenvalue weighted by Crippen LogP contribution is 2.16. The van der Waals surface area contributed by atoms with Gasteiger partial charge in [0.25, 0.3) is 11.8 Å². The van der Waals surface area contributed by atoms with Crippen LogP contribution in [0.15, 0.2) is 65.7 Å². The van der Waals surface area contributed by atoms with Gasteiger partial charge in [-0.15, -0.1) is 0 Å². The molecule has 144 valence electrons. The van der Waals surface area contributed by atoms with Crippen LogP contribution in [0.5, 0.6) is 0 Å². The number of benzene rings is 2. The van der Waals surface area contributed by atoms with E-state index in [4.69, 9.17) is 0 Å². The molecular weight excluding hydrogens is 420 g/mol. The van der Waals surface area contributed by atoms with E-state index >= 15 is 0 Å². The molecule has 0 radical (unpaired) electrons. The maximum atomic E-state index is 12.6. The van der Waals surface area contributed by atoms with Crippen LogP contribution in [-0.2, 0) is 0 Å². The van der Waals surface area contributed by atoms with Crippen LogP contribution in [0.25, 0.3) is 5.69 Å². The number of nitrogens with one attached hydrogen (secondary N) is 2. The lowest BCUT2D eigenvalue weighted by Gasteiger charge is -2.12. The predicted molar refractivity (Wildman–Crippen MR) is 112 cm³/mol. The van der Waals surface area contributed by atoms with E-state index < -0.39 is 0 Å². The Hall–Kier alpha value is -2.93. The van der Waals surface area contributed by atoms with Crippen molar-refractivity contribution in [2.24, 2.45) is 0 Å². The van der Waals surface area contributed by atoms with Crippen molar-refractivity contribution in [3.05, 3.63) is 82.3 Å². The van der Waals surface area contributed by atoms with Crippen molar-refractivity contribution >= 4 is 27.7 Å². The lowest BCUT2D eigenvalue weighted by molar-refractivity contribution is 0.0951. The van der Waals surface area contributed by atoms with Crippen LogP contribution < -0.4 is 10.6 Å². The Morgan fingerprint density at radius 2 is 1.75 bits per heavy atom. The zero-order valence-corrected chi connectivity index (χ0v) is 17.1. The van der Waals surface area contributed by atoms with Gasteiger partial charge in [-0.05, 0) is 49.7 Å². The van der Waals surface area contributed by atoms with Crippen molar-refractivity contribution in [1.82, 2.24) is 20.2 Å². The summed E-state index contributed by atoms with van der Waals surface area (Å²) in [5.74, 6) is -0.272. The van der Waals surface area contributed by atoms with Gasteiger partial charge in [0.1, 0.15) is 0 Å². The van der Waals surface area contributed by atoms with Gasteiger partial charge in [-0.2, -0.15) is 0 Å². The Bertz CT molecular complexity index is 953. The molecule has 2 amide bonds. The van der Waals surface area contributed by atoms with Crippen LogP contribution in [0, 0.1) is 6.92 Å². The van der Waals surface area contributed by atoms with Crippen molar-refractivity contribution in [3.8, 4) is 5.69 Å². The average molecular weight is 441 g/mol. The number of imidazole rings is 1. The number of hydrogen-bond donors (Lipinski definition) is 2. The predicted octanol–water partition coefficient (Wildman–Crippen LogP) is 3.49. The van der Waals surface area contributed by atoms with Crippen LogP contribution in [0.2, 0.25) is 0 Å². The normalized spacial score (nSPS) is 10.5. The Morgan fingerprint density at radius 3 is 2.43 bits per heavy atom. The third kappa shape index (κ3) is 5.07. The number of amides is 2. The highest BCUT2D eigenvalue weighted by molar-refractivity contribution is 9.10. The number of aryl methyl sites for hydroxylation is 1. The summed E-state index contributed by atoms with van der Waals surface area (Å²) in [7, 11) is 0. The molecule has 0 unspecified atom stereocenters. The van der Waals surface area contributed by atoms with Gasteiger partial charge < -0.3 is 15.2 Å². The molecule has 3 aromatic rings. The number of hydrogen-bond acceptors (Lipinski definition) is 3. The molecule has 0 fully saturated rings. The molecule has 28 heavy (non-hydrogen) atoms. The fraction of sp³-hybridized carbons (Fsp3) is 0.190. The molecule has 1 aromatic heterocycles. The van der Waals surface area contributed by atoms with Crippen LogP contribution in [0.4, 0.5) is 0 Å². The van der Waals surface area contributed by atoms with E-state index in [1.54, 1.807) is 30.9 Å². The van der Waals surface area contributed by atoms with Gasteiger partial charge in [0.15, 0.2) is 0 Å². The Morgan fingerprint density at radius 1 is 1.04 bits per heavy atom. The fourth-order valence-electron chi connectivity index (χ4n) is 2.75. The zero-order valence-electron chi connectivity index (χ0n) is 15.5. The number of rotatable bonds is 7. The maximum Gasteiger partial charge on any atom is 0.253 e. The molecule has 1 heterocycles. The highest BCUT2D eigenvalue weighted by atomic mass is 79.9. The van der Waals surface area contributed by atoms with Crippen molar-refractivity contribution < 1.29 is 9.59 Å². The summed E-state index contributed by atoms with van der Waals surface area (Å²) >= 11 is 3.35. The highest BCUT2D eigenvalue weighted by Gasteiger charge is 2.13. The van der Waals surface area contributed by atoms with Gasteiger partial charge in [-0.3, -0.25) is 9.59 Å². The minimum Gasteiger partial charge on any atom is -0.352 e. The molecule has 7 heteroatoms. The SMILES string of the molecule is Cc1ccc(-n2ccnc2)c(C(=O)NCCCNC(=O)c2ccc(Br)cc2)c1. The van der Waals surface area contributed by atoms with Crippen LogP contribution in [0.3, 0.4) is 0 Å². The molecule has 0 saturated carbocycles. The van der Waals surface area contributed by atoms with E-state index in [1.807, 2.05) is 41.8 Å². The largest absolute Gasteiger partial charge is 0.352 e. The molecule has 0 aliphatic carbocycles. The van der Waals surface area contributed by atoms with Crippen molar-refractivity contribution in [2.75, 3.05) is 13.1 Å². The van der Waals surface area contributed by atoms with Crippen molar-refractivity contribution in [1.29, 1.82) is 0 Å². The van der Waals surface area contributed by atoms with Gasteiger partial charge >= 0.3 is 0 Å². The summed E-state index contributed by atoms with van der Waals surface area (Å²) < 4.78 is 2.74. The van der Waals surface area contributed by atoms with E-state index in [2.05, 4.69) is 31.5 Å². The zero-order chi connectivity index (χ0) is 19.9. The molecule has 0 spiro atoms. The van der Waals surface area contributed by atoms with Crippen molar-refractivity contribution in [2.45, 2.75) is 13.3 Å². The summed E-state index contributed by atoms with van der Waals surface area (Å²) in [6.45, 7) is 2.90. The molecule has 0 aliphatic rings. The maximum absolute atomic E-state index is 12.6. The van der Waals surface area contributed by atoms with E-state index in [0.29, 0.717) is 30.6 Å². The van der Waals surface area contributed by atoms with E-state index in [-0.39, 0.29) is 11.8 Å². The molecule has 0 atom stereocenters. The summed E-state index contributed by atoms with van der Waals surface area (Å²) in [4.78, 5) is 28.7. The molecule has 2 N–H and O–H groups in total.